The van der Waals surface area contributed by atoms with Gasteiger partial charge in [-0.25, -0.2) is 0 Å². The largest absolute Gasteiger partial charge is 0.369 e. The lowest BCUT2D eigenvalue weighted by Gasteiger charge is -2.27. The standard InChI is InChI=1S/C13H21NO/c1-4-13(3,10-14)15-9-12-7-5-6-11(2)8-12/h5-8H,4,9-10,14H2,1-3H3. The third-order valence-corrected chi connectivity index (χ3v) is 2.85. The molecular weight excluding hydrogens is 186 g/mol. The average molecular weight is 207 g/mol. The quantitative estimate of drug-likeness (QED) is 0.805. The van der Waals surface area contributed by atoms with Crippen LogP contribution < -0.4 is 5.73 Å². The van der Waals surface area contributed by atoms with E-state index in [1.807, 2.05) is 0 Å². The lowest BCUT2D eigenvalue weighted by Crippen LogP contribution is -2.36. The first-order valence-corrected chi connectivity index (χ1v) is 5.49. The van der Waals surface area contributed by atoms with Crippen molar-refractivity contribution >= 4 is 0 Å². The maximum absolute atomic E-state index is 5.84. The van der Waals surface area contributed by atoms with Crippen molar-refractivity contribution in [2.75, 3.05) is 6.54 Å². The summed E-state index contributed by atoms with van der Waals surface area (Å²) in [4.78, 5) is 0. The van der Waals surface area contributed by atoms with Gasteiger partial charge in [0.1, 0.15) is 0 Å². The number of aryl methyl sites for hydroxylation is 1. The van der Waals surface area contributed by atoms with E-state index in [0.717, 1.165) is 6.42 Å². The van der Waals surface area contributed by atoms with Gasteiger partial charge in [0.05, 0.1) is 12.2 Å². The van der Waals surface area contributed by atoms with Crippen LogP contribution >= 0.6 is 0 Å². The fraction of sp³-hybridized carbons (Fsp3) is 0.538. The molecule has 1 aromatic carbocycles. The highest BCUT2D eigenvalue weighted by Gasteiger charge is 2.20. The highest BCUT2D eigenvalue weighted by Crippen LogP contribution is 2.16. The van der Waals surface area contributed by atoms with E-state index in [0.29, 0.717) is 13.2 Å². The highest BCUT2D eigenvalue weighted by molar-refractivity contribution is 5.21. The summed E-state index contributed by atoms with van der Waals surface area (Å²) in [7, 11) is 0. The van der Waals surface area contributed by atoms with Crippen LogP contribution in [0.2, 0.25) is 0 Å². The predicted molar refractivity (Wildman–Crippen MR) is 63.7 cm³/mol. The predicted octanol–water partition coefficient (Wildman–Crippen LogP) is 2.64. The molecule has 1 unspecified atom stereocenters. The molecule has 0 aliphatic carbocycles. The molecule has 0 radical (unpaired) electrons. The molecule has 0 spiro atoms. The molecule has 84 valence electrons. The van der Waals surface area contributed by atoms with Gasteiger partial charge in [-0.3, -0.25) is 0 Å². The molecule has 2 N–H and O–H groups in total. The topological polar surface area (TPSA) is 35.2 Å². The van der Waals surface area contributed by atoms with Crippen molar-refractivity contribution in [3.8, 4) is 0 Å². The Morgan fingerprint density at radius 2 is 2.13 bits per heavy atom. The second kappa shape index (κ2) is 5.29. The number of benzene rings is 1. The van der Waals surface area contributed by atoms with Crippen molar-refractivity contribution in [1.29, 1.82) is 0 Å². The zero-order valence-corrected chi connectivity index (χ0v) is 9.92. The van der Waals surface area contributed by atoms with Crippen LogP contribution in [0.1, 0.15) is 31.4 Å². The lowest BCUT2D eigenvalue weighted by atomic mass is 10.0. The van der Waals surface area contributed by atoms with E-state index in [1.54, 1.807) is 0 Å². The minimum absolute atomic E-state index is 0.191. The molecule has 0 saturated carbocycles. The molecule has 0 amide bonds. The van der Waals surface area contributed by atoms with E-state index in [-0.39, 0.29) is 5.60 Å². The van der Waals surface area contributed by atoms with Crippen LogP contribution in [0.15, 0.2) is 24.3 Å². The Kier molecular flexibility index (Phi) is 4.30. The van der Waals surface area contributed by atoms with E-state index >= 15 is 0 Å². The van der Waals surface area contributed by atoms with Gasteiger partial charge in [0.15, 0.2) is 0 Å². The Morgan fingerprint density at radius 3 is 2.67 bits per heavy atom. The monoisotopic (exact) mass is 207 g/mol. The summed E-state index contributed by atoms with van der Waals surface area (Å²) in [6.45, 7) is 7.45. The Hall–Kier alpha value is -0.860. The molecule has 2 nitrogen and oxygen atoms in total. The van der Waals surface area contributed by atoms with Crippen LogP contribution in [-0.4, -0.2) is 12.1 Å². The molecule has 1 rings (SSSR count). The summed E-state index contributed by atoms with van der Waals surface area (Å²) in [5.41, 5.74) is 7.97. The minimum atomic E-state index is -0.191. The summed E-state index contributed by atoms with van der Waals surface area (Å²) in [5.74, 6) is 0. The second-order valence-corrected chi connectivity index (χ2v) is 4.29. The van der Waals surface area contributed by atoms with Crippen LogP contribution in [0.3, 0.4) is 0 Å². The van der Waals surface area contributed by atoms with Crippen LogP contribution in [0.5, 0.6) is 0 Å². The number of hydrogen-bond donors (Lipinski definition) is 1. The Labute approximate surface area is 92.4 Å². The van der Waals surface area contributed by atoms with E-state index in [9.17, 15) is 0 Å². The summed E-state index contributed by atoms with van der Waals surface area (Å²) in [5, 5.41) is 0. The van der Waals surface area contributed by atoms with Crippen LogP contribution in [0, 0.1) is 6.92 Å². The smallest absolute Gasteiger partial charge is 0.0778 e. The Bertz CT molecular complexity index is 305. The zero-order valence-electron chi connectivity index (χ0n) is 9.92. The lowest BCUT2D eigenvalue weighted by molar-refractivity contribution is -0.0388. The van der Waals surface area contributed by atoms with Crippen LogP contribution in [0.25, 0.3) is 0 Å². The molecule has 0 aliphatic rings. The summed E-state index contributed by atoms with van der Waals surface area (Å²) in [6, 6.07) is 8.37. The molecular formula is C13H21NO. The first-order chi connectivity index (χ1) is 7.09. The van der Waals surface area contributed by atoms with Gasteiger partial charge in [-0.05, 0) is 25.8 Å². The van der Waals surface area contributed by atoms with Gasteiger partial charge < -0.3 is 10.5 Å². The number of ether oxygens (including phenoxy) is 1. The number of rotatable bonds is 5. The second-order valence-electron chi connectivity index (χ2n) is 4.29. The van der Waals surface area contributed by atoms with Crippen molar-refractivity contribution in [1.82, 2.24) is 0 Å². The van der Waals surface area contributed by atoms with E-state index in [1.165, 1.54) is 11.1 Å². The van der Waals surface area contributed by atoms with Crippen molar-refractivity contribution in [3.63, 3.8) is 0 Å². The molecule has 1 atom stereocenters. The van der Waals surface area contributed by atoms with Gasteiger partial charge in [-0.15, -0.1) is 0 Å². The zero-order chi connectivity index (χ0) is 11.3. The van der Waals surface area contributed by atoms with Crippen molar-refractivity contribution < 1.29 is 4.74 Å². The summed E-state index contributed by atoms with van der Waals surface area (Å²) in [6.07, 6.45) is 0.940. The first-order valence-electron chi connectivity index (χ1n) is 5.49. The minimum Gasteiger partial charge on any atom is -0.369 e. The summed E-state index contributed by atoms with van der Waals surface area (Å²) < 4.78 is 5.84. The molecule has 0 heterocycles. The number of hydrogen-bond acceptors (Lipinski definition) is 2. The van der Waals surface area contributed by atoms with E-state index in [4.69, 9.17) is 10.5 Å². The first kappa shape index (κ1) is 12.2. The van der Waals surface area contributed by atoms with Gasteiger partial charge in [0.2, 0.25) is 0 Å². The third kappa shape index (κ3) is 3.65. The van der Waals surface area contributed by atoms with Crippen LogP contribution in [0.4, 0.5) is 0 Å². The van der Waals surface area contributed by atoms with E-state index in [2.05, 4.69) is 45.0 Å². The van der Waals surface area contributed by atoms with Crippen LogP contribution in [-0.2, 0) is 11.3 Å². The Balaban J connectivity index is 2.56. The molecule has 0 saturated heterocycles. The van der Waals surface area contributed by atoms with E-state index < -0.39 is 0 Å². The molecule has 2 heteroatoms. The molecule has 0 fully saturated rings. The fourth-order valence-electron chi connectivity index (χ4n) is 1.36. The van der Waals surface area contributed by atoms with Gasteiger partial charge in [-0.2, -0.15) is 0 Å². The van der Waals surface area contributed by atoms with Crippen molar-refractivity contribution in [2.24, 2.45) is 5.73 Å². The molecule has 15 heavy (non-hydrogen) atoms. The molecule has 1 aromatic rings. The van der Waals surface area contributed by atoms with Gasteiger partial charge in [0, 0.05) is 6.54 Å². The molecule has 0 aromatic heterocycles. The average Bonchev–Trinajstić information content (AvgIpc) is 2.26. The van der Waals surface area contributed by atoms with Gasteiger partial charge in [0.25, 0.3) is 0 Å². The molecule has 0 bridgehead atoms. The van der Waals surface area contributed by atoms with Crippen molar-refractivity contribution in [2.45, 2.75) is 39.4 Å². The third-order valence-electron chi connectivity index (χ3n) is 2.85. The molecule has 0 aliphatic heterocycles. The Morgan fingerprint density at radius 1 is 1.40 bits per heavy atom. The normalized spacial score (nSPS) is 14.9. The van der Waals surface area contributed by atoms with Crippen molar-refractivity contribution in [3.05, 3.63) is 35.4 Å². The van der Waals surface area contributed by atoms with Gasteiger partial charge >= 0.3 is 0 Å². The number of nitrogens with two attached hydrogens (primary N) is 1. The maximum Gasteiger partial charge on any atom is 0.0778 e. The highest BCUT2D eigenvalue weighted by atomic mass is 16.5. The maximum atomic E-state index is 5.84. The summed E-state index contributed by atoms with van der Waals surface area (Å²) >= 11 is 0. The SMILES string of the molecule is CCC(C)(CN)OCc1cccc(C)c1. The fourth-order valence-corrected chi connectivity index (χ4v) is 1.36. The van der Waals surface area contributed by atoms with Gasteiger partial charge in [-0.1, -0.05) is 36.8 Å².